The second-order valence-electron chi connectivity index (χ2n) is 3.93. The average molecular weight is 255 g/mol. The van der Waals surface area contributed by atoms with E-state index in [9.17, 15) is 5.11 Å². The smallest absolute Gasteiger partial charge is 0.131 e. The quantitative estimate of drug-likeness (QED) is 0.849. The summed E-state index contributed by atoms with van der Waals surface area (Å²) in [5, 5.41) is 9.83. The monoisotopic (exact) mass is 254 g/mol. The fourth-order valence-electron chi connectivity index (χ4n) is 2.03. The summed E-state index contributed by atoms with van der Waals surface area (Å²) in [6, 6.07) is 3.84. The molecule has 1 unspecified atom stereocenters. The van der Waals surface area contributed by atoms with Crippen molar-refractivity contribution in [3.63, 3.8) is 0 Å². The molecule has 0 amide bonds. The van der Waals surface area contributed by atoms with Crippen LogP contribution >= 0.6 is 22.9 Å². The SMILES string of the molecule is OC1CCCc2nc(-c3ccc(Cl)s3)cn21. The van der Waals surface area contributed by atoms with Crippen molar-refractivity contribution in [1.29, 1.82) is 0 Å². The molecule has 84 valence electrons. The number of aromatic nitrogens is 2. The lowest BCUT2D eigenvalue weighted by Crippen LogP contribution is -2.16. The summed E-state index contributed by atoms with van der Waals surface area (Å²) in [4.78, 5) is 5.59. The van der Waals surface area contributed by atoms with Gasteiger partial charge in [-0.05, 0) is 25.0 Å². The van der Waals surface area contributed by atoms with Crippen molar-refractivity contribution in [3.05, 3.63) is 28.5 Å². The molecule has 0 radical (unpaired) electrons. The van der Waals surface area contributed by atoms with E-state index in [2.05, 4.69) is 4.98 Å². The molecule has 3 rings (SSSR count). The Morgan fingerprint density at radius 1 is 1.50 bits per heavy atom. The summed E-state index contributed by atoms with van der Waals surface area (Å²) in [5.74, 6) is 0.971. The third-order valence-corrected chi connectivity index (χ3v) is 4.07. The molecule has 3 nitrogen and oxygen atoms in total. The molecule has 0 bridgehead atoms. The van der Waals surface area contributed by atoms with Gasteiger partial charge in [0.1, 0.15) is 12.1 Å². The second-order valence-corrected chi connectivity index (χ2v) is 5.64. The molecular formula is C11H11ClN2OS. The third kappa shape index (κ3) is 1.67. The highest BCUT2D eigenvalue weighted by molar-refractivity contribution is 7.19. The number of hydrogen-bond donors (Lipinski definition) is 1. The van der Waals surface area contributed by atoms with Gasteiger partial charge in [-0.25, -0.2) is 4.98 Å². The van der Waals surface area contributed by atoms with E-state index in [-0.39, 0.29) is 0 Å². The molecule has 2 aromatic rings. The number of fused-ring (bicyclic) bond motifs is 1. The maximum absolute atomic E-state index is 9.83. The van der Waals surface area contributed by atoms with Crippen molar-refractivity contribution in [2.24, 2.45) is 0 Å². The van der Waals surface area contributed by atoms with Gasteiger partial charge in [-0.3, -0.25) is 0 Å². The first-order chi connectivity index (χ1) is 7.74. The predicted molar refractivity (Wildman–Crippen MR) is 64.7 cm³/mol. The topological polar surface area (TPSA) is 38.1 Å². The summed E-state index contributed by atoms with van der Waals surface area (Å²) in [6.07, 6.45) is 4.26. The summed E-state index contributed by atoms with van der Waals surface area (Å²) >= 11 is 7.41. The number of hydrogen-bond acceptors (Lipinski definition) is 3. The van der Waals surface area contributed by atoms with E-state index < -0.39 is 6.23 Å². The van der Waals surface area contributed by atoms with Crippen LogP contribution in [0.1, 0.15) is 24.9 Å². The molecule has 0 fully saturated rings. The molecule has 0 saturated carbocycles. The molecule has 0 saturated heterocycles. The Balaban J connectivity index is 2.04. The van der Waals surface area contributed by atoms with Crippen LogP contribution in [-0.2, 0) is 6.42 Å². The Bertz CT molecular complexity index is 520. The Kier molecular flexibility index (Phi) is 2.50. The van der Waals surface area contributed by atoms with Gasteiger partial charge >= 0.3 is 0 Å². The minimum absolute atomic E-state index is 0.416. The van der Waals surface area contributed by atoms with Gasteiger partial charge in [0.05, 0.1) is 14.9 Å². The normalized spacial score (nSPS) is 19.8. The van der Waals surface area contributed by atoms with Crippen LogP contribution in [0.15, 0.2) is 18.3 Å². The Hall–Kier alpha value is -0.840. The summed E-state index contributed by atoms with van der Waals surface area (Å²) in [6.45, 7) is 0. The highest BCUT2D eigenvalue weighted by atomic mass is 35.5. The Labute approximate surface area is 102 Å². The van der Waals surface area contributed by atoms with Crippen LogP contribution in [0.4, 0.5) is 0 Å². The molecule has 1 aliphatic rings. The average Bonchev–Trinajstić information content (AvgIpc) is 2.84. The van der Waals surface area contributed by atoms with Crippen LogP contribution in [0.25, 0.3) is 10.6 Å². The lowest BCUT2D eigenvalue weighted by Gasteiger charge is -2.19. The zero-order chi connectivity index (χ0) is 11.1. The molecule has 0 spiro atoms. The van der Waals surface area contributed by atoms with Crippen LogP contribution in [0.3, 0.4) is 0 Å². The Morgan fingerprint density at radius 3 is 3.06 bits per heavy atom. The fourth-order valence-corrected chi connectivity index (χ4v) is 3.02. The van der Waals surface area contributed by atoms with E-state index in [4.69, 9.17) is 11.6 Å². The number of halogens is 1. The van der Waals surface area contributed by atoms with Crippen LogP contribution < -0.4 is 0 Å². The van der Waals surface area contributed by atoms with E-state index in [1.165, 1.54) is 11.3 Å². The summed E-state index contributed by atoms with van der Waals surface area (Å²) < 4.78 is 2.63. The lowest BCUT2D eigenvalue weighted by atomic mass is 10.1. The molecule has 1 N–H and O–H groups in total. The largest absolute Gasteiger partial charge is 0.373 e. The number of thiophene rings is 1. The van der Waals surface area contributed by atoms with E-state index in [1.54, 1.807) is 0 Å². The van der Waals surface area contributed by atoms with Crippen LogP contribution in [-0.4, -0.2) is 14.7 Å². The zero-order valence-corrected chi connectivity index (χ0v) is 10.1. The van der Waals surface area contributed by atoms with E-state index in [1.807, 2.05) is 22.9 Å². The molecule has 0 aromatic carbocycles. The Morgan fingerprint density at radius 2 is 2.38 bits per heavy atom. The van der Waals surface area contributed by atoms with E-state index in [0.29, 0.717) is 0 Å². The highest BCUT2D eigenvalue weighted by Crippen LogP contribution is 2.32. The molecular weight excluding hydrogens is 244 g/mol. The molecule has 0 aliphatic carbocycles. The number of nitrogens with zero attached hydrogens (tertiary/aromatic N) is 2. The van der Waals surface area contributed by atoms with Gasteiger partial charge in [0.15, 0.2) is 0 Å². The minimum Gasteiger partial charge on any atom is -0.373 e. The van der Waals surface area contributed by atoms with Crippen molar-refractivity contribution in [3.8, 4) is 10.6 Å². The number of aryl methyl sites for hydroxylation is 1. The number of rotatable bonds is 1. The van der Waals surface area contributed by atoms with Gasteiger partial charge in [-0.1, -0.05) is 11.6 Å². The minimum atomic E-state index is -0.416. The van der Waals surface area contributed by atoms with Gasteiger partial charge < -0.3 is 9.67 Å². The van der Waals surface area contributed by atoms with Gasteiger partial charge in [-0.15, -0.1) is 11.3 Å². The van der Waals surface area contributed by atoms with Gasteiger partial charge in [0, 0.05) is 12.6 Å². The summed E-state index contributed by atoms with van der Waals surface area (Å²) in [5.41, 5.74) is 0.910. The molecule has 16 heavy (non-hydrogen) atoms. The van der Waals surface area contributed by atoms with Crippen molar-refractivity contribution in [2.45, 2.75) is 25.5 Å². The molecule has 1 aliphatic heterocycles. The maximum Gasteiger partial charge on any atom is 0.131 e. The molecule has 5 heteroatoms. The highest BCUT2D eigenvalue weighted by Gasteiger charge is 2.20. The zero-order valence-electron chi connectivity index (χ0n) is 8.56. The van der Waals surface area contributed by atoms with E-state index in [0.717, 1.165) is 40.0 Å². The first-order valence-corrected chi connectivity index (χ1v) is 6.45. The van der Waals surface area contributed by atoms with Crippen molar-refractivity contribution < 1.29 is 5.11 Å². The summed E-state index contributed by atoms with van der Waals surface area (Å²) in [7, 11) is 0. The lowest BCUT2D eigenvalue weighted by molar-refractivity contribution is 0.0781. The third-order valence-electron chi connectivity index (χ3n) is 2.82. The maximum atomic E-state index is 9.83. The first kappa shape index (κ1) is 10.3. The van der Waals surface area contributed by atoms with Gasteiger partial charge in [0.2, 0.25) is 0 Å². The standard InChI is InChI=1S/C11H11ClN2OS/c12-9-5-4-8(16-9)7-6-14-10(13-7)2-1-3-11(14)15/h4-6,11,15H,1-3H2. The van der Waals surface area contributed by atoms with Crippen LogP contribution in [0, 0.1) is 0 Å². The van der Waals surface area contributed by atoms with Gasteiger partial charge in [0.25, 0.3) is 0 Å². The van der Waals surface area contributed by atoms with Crippen LogP contribution in [0.5, 0.6) is 0 Å². The van der Waals surface area contributed by atoms with Crippen molar-refractivity contribution in [2.75, 3.05) is 0 Å². The van der Waals surface area contributed by atoms with Crippen molar-refractivity contribution >= 4 is 22.9 Å². The van der Waals surface area contributed by atoms with E-state index >= 15 is 0 Å². The predicted octanol–water partition coefficient (Wildman–Crippen LogP) is 3.09. The number of imidazole rings is 1. The van der Waals surface area contributed by atoms with Gasteiger partial charge in [-0.2, -0.15) is 0 Å². The fraction of sp³-hybridized carbons (Fsp3) is 0.364. The second kappa shape index (κ2) is 3.87. The molecule has 1 atom stereocenters. The number of aliphatic hydroxyl groups excluding tert-OH is 1. The van der Waals surface area contributed by atoms with Crippen LogP contribution in [0.2, 0.25) is 4.34 Å². The number of aliphatic hydroxyl groups is 1. The molecule has 3 heterocycles. The first-order valence-electron chi connectivity index (χ1n) is 5.25. The molecule has 2 aromatic heterocycles. The van der Waals surface area contributed by atoms with Crippen molar-refractivity contribution in [1.82, 2.24) is 9.55 Å².